The van der Waals surface area contributed by atoms with Crippen molar-refractivity contribution in [3.8, 4) is 0 Å². The molecule has 0 bridgehead atoms. The van der Waals surface area contributed by atoms with Crippen molar-refractivity contribution in [3.05, 3.63) is 96.1 Å². The first-order valence-corrected chi connectivity index (χ1v) is 11.4. The van der Waals surface area contributed by atoms with Gasteiger partial charge < -0.3 is 4.57 Å². The Labute approximate surface area is 180 Å². The third-order valence-corrected chi connectivity index (χ3v) is 7.68. The van der Waals surface area contributed by atoms with Crippen LogP contribution in [0.25, 0.3) is 42.0 Å². The number of hydrogen-bond donors (Lipinski definition) is 0. The first-order valence-electron chi connectivity index (χ1n) is 10.6. The highest BCUT2D eigenvalue weighted by molar-refractivity contribution is 7.25. The van der Waals surface area contributed by atoms with E-state index in [1.54, 1.807) is 0 Å². The van der Waals surface area contributed by atoms with E-state index in [2.05, 4.69) is 103 Å². The highest BCUT2D eigenvalue weighted by atomic mass is 32.1. The van der Waals surface area contributed by atoms with Gasteiger partial charge in [0, 0.05) is 49.4 Å². The Morgan fingerprint density at radius 3 is 2.33 bits per heavy atom. The van der Waals surface area contributed by atoms with E-state index < -0.39 is 0 Å². The molecule has 0 saturated carbocycles. The van der Waals surface area contributed by atoms with E-state index in [0.717, 1.165) is 6.42 Å². The zero-order valence-electron chi connectivity index (χ0n) is 17.2. The van der Waals surface area contributed by atoms with Crippen LogP contribution in [0.15, 0.2) is 84.9 Å². The topological polar surface area (TPSA) is 4.93 Å². The van der Waals surface area contributed by atoms with Crippen LogP contribution in [0.5, 0.6) is 0 Å². The quantitative estimate of drug-likeness (QED) is 0.279. The maximum atomic E-state index is 2.43. The van der Waals surface area contributed by atoms with Crippen LogP contribution in [0.1, 0.15) is 30.4 Å². The molecule has 0 N–H and O–H groups in total. The molecular weight excluding hydrogens is 382 g/mol. The second-order valence-corrected chi connectivity index (χ2v) is 9.22. The van der Waals surface area contributed by atoms with Gasteiger partial charge in [-0.25, -0.2) is 0 Å². The highest BCUT2D eigenvalue weighted by Gasteiger charge is 2.19. The fourth-order valence-electron chi connectivity index (χ4n) is 5.14. The summed E-state index contributed by atoms with van der Waals surface area (Å²) in [4.78, 5) is 0. The molecule has 0 saturated heterocycles. The predicted molar refractivity (Wildman–Crippen MR) is 132 cm³/mol. The molecule has 0 amide bonds. The summed E-state index contributed by atoms with van der Waals surface area (Å²) in [5, 5.41) is 5.43. The van der Waals surface area contributed by atoms with Gasteiger partial charge in [0.25, 0.3) is 0 Å². The Morgan fingerprint density at radius 2 is 1.47 bits per heavy atom. The minimum atomic E-state index is 0.381. The average Bonchev–Trinajstić information content (AvgIpc) is 3.30. The fourth-order valence-corrected chi connectivity index (χ4v) is 6.30. The lowest BCUT2D eigenvalue weighted by Crippen LogP contribution is -2.02. The molecule has 1 nitrogen and oxygen atoms in total. The van der Waals surface area contributed by atoms with Gasteiger partial charge in [0.1, 0.15) is 0 Å². The molecule has 0 aliphatic carbocycles. The summed E-state index contributed by atoms with van der Waals surface area (Å²) in [6, 6.07) is 31.4. The van der Waals surface area contributed by atoms with Crippen LogP contribution in [0, 0.1) is 0 Å². The van der Waals surface area contributed by atoms with Crippen LogP contribution in [-0.2, 0) is 7.05 Å². The van der Waals surface area contributed by atoms with E-state index in [9.17, 15) is 0 Å². The van der Waals surface area contributed by atoms with Gasteiger partial charge in [0.15, 0.2) is 0 Å². The predicted octanol–water partition coefficient (Wildman–Crippen LogP) is 8.24. The zero-order valence-corrected chi connectivity index (χ0v) is 18.0. The molecule has 146 valence electrons. The minimum absolute atomic E-state index is 0.381. The van der Waals surface area contributed by atoms with Gasteiger partial charge in [0.05, 0.1) is 5.52 Å². The summed E-state index contributed by atoms with van der Waals surface area (Å²) in [7, 11) is 2.20. The van der Waals surface area contributed by atoms with Crippen LogP contribution < -0.4 is 0 Å². The number of rotatable bonds is 3. The Hall–Kier alpha value is -3.10. The van der Waals surface area contributed by atoms with Crippen LogP contribution in [-0.4, -0.2) is 4.57 Å². The number of hydrogen-bond acceptors (Lipinski definition) is 1. The molecule has 0 fully saturated rings. The van der Waals surface area contributed by atoms with Crippen LogP contribution in [0.4, 0.5) is 0 Å². The van der Waals surface area contributed by atoms with Crippen molar-refractivity contribution in [2.75, 3.05) is 0 Å². The minimum Gasteiger partial charge on any atom is -0.343 e. The summed E-state index contributed by atoms with van der Waals surface area (Å²) in [6.07, 6.45) is 1.08. The summed E-state index contributed by atoms with van der Waals surface area (Å²) >= 11 is 1.90. The highest BCUT2D eigenvalue weighted by Crippen LogP contribution is 2.40. The van der Waals surface area contributed by atoms with Crippen molar-refractivity contribution >= 4 is 53.3 Å². The molecule has 0 aliphatic rings. The SMILES string of the molecule is CCC(c1ccc2c(c1)sc1ccccc12)c1cccc2c3ccccc3n(C)c12. The van der Waals surface area contributed by atoms with E-state index in [4.69, 9.17) is 0 Å². The normalized spacial score (nSPS) is 13.0. The van der Waals surface area contributed by atoms with Crippen LogP contribution in [0.2, 0.25) is 0 Å². The molecular formula is C28H23NS. The van der Waals surface area contributed by atoms with Crippen molar-refractivity contribution in [2.24, 2.45) is 7.05 Å². The summed E-state index contributed by atoms with van der Waals surface area (Å²) in [5.74, 6) is 0.381. The number of benzene rings is 4. The Bertz CT molecular complexity index is 1550. The van der Waals surface area contributed by atoms with Gasteiger partial charge in [-0.05, 0) is 35.7 Å². The number of para-hydroxylation sites is 2. The Balaban J connectivity index is 1.59. The van der Waals surface area contributed by atoms with Gasteiger partial charge in [-0.1, -0.05) is 73.7 Å². The van der Waals surface area contributed by atoms with Gasteiger partial charge in [-0.2, -0.15) is 0 Å². The molecule has 0 aliphatic heterocycles. The second kappa shape index (κ2) is 6.72. The molecule has 30 heavy (non-hydrogen) atoms. The van der Waals surface area contributed by atoms with Crippen molar-refractivity contribution < 1.29 is 0 Å². The summed E-state index contributed by atoms with van der Waals surface area (Å²) < 4.78 is 5.13. The van der Waals surface area contributed by atoms with Crippen LogP contribution >= 0.6 is 11.3 Å². The third-order valence-electron chi connectivity index (χ3n) is 6.55. The Morgan fingerprint density at radius 1 is 0.733 bits per heavy atom. The lowest BCUT2D eigenvalue weighted by atomic mass is 9.87. The van der Waals surface area contributed by atoms with E-state index in [1.807, 2.05) is 11.3 Å². The average molecular weight is 406 g/mol. The molecule has 2 heteroatoms. The van der Waals surface area contributed by atoms with Gasteiger partial charge in [-0.3, -0.25) is 0 Å². The van der Waals surface area contributed by atoms with Crippen molar-refractivity contribution in [3.63, 3.8) is 0 Å². The molecule has 4 aromatic carbocycles. The van der Waals surface area contributed by atoms with E-state index in [1.165, 1.54) is 53.1 Å². The number of aromatic nitrogens is 1. The second-order valence-electron chi connectivity index (χ2n) is 8.13. The molecule has 2 aromatic heterocycles. The lowest BCUT2D eigenvalue weighted by Gasteiger charge is -2.18. The van der Waals surface area contributed by atoms with Gasteiger partial charge in [0.2, 0.25) is 0 Å². The van der Waals surface area contributed by atoms with Gasteiger partial charge in [-0.15, -0.1) is 11.3 Å². The maximum absolute atomic E-state index is 2.43. The third kappa shape index (κ3) is 2.47. The molecule has 1 unspecified atom stereocenters. The largest absolute Gasteiger partial charge is 0.343 e. The number of thiophene rings is 1. The Kier molecular flexibility index (Phi) is 3.97. The van der Waals surface area contributed by atoms with Crippen molar-refractivity contribution in [1.29, 1.82) is 0 Å². The first-order chi connectivity index (χ1) is 14.8. The first kappa shape index (κ1) is 17.7. The summed E-state index contributed by atoms with van der Waals surface area (Å²) in [6.45, 7) is 2.31. The van der Waals surface area contributed by atoms with E-state index in [0.29, 0.717) is 5.92 Å². The van der Waals surface area contributed by atoms with E-state index >= 15 is 0 Å². The van der Waals surface area contributed by atoms with Gasteiger partial charge >= 0.3 is 0 Å². The molecule has 6 rings (SSSR count). The zero-order chi connectivity index (χ0) is 20.2. The number of nitrogens with zero attached hydrogens (tertiary/aromatic N) is 1. The smallest absolute Gasteiger partial charge is 0.0527 e. The fraction of sp³-hybridized carbons (Fsp3) is 0.143. The summed E-state index contributed by atoms with van der Waals surface area (Å²) in [5.41, 5.74) is 5.50. The van der Waals surface area contributed by atoms with Crippen molar-refractivity contribution in [1.82, 2.24) is 4.57 Å². The molecule has 6 aromatic rings. The number of fused-ring (bicyclic) bond motifs is 6. The van der Waals surface area contributed by atoms with Crippen molar-refractivity contribution in [2.45, 2.75) is 19.3 Å². The molecule has 1 atom stereocenters. The van der Waals surface area contributed by atoms with E-state index in [-0.39, 0.29) is 0 Å². The molecule has 0 radical (unpaired) electrons. The maximum Gasteiger partial charge on any atom is 0.0527 e. The monoisotopic (exact) mass is 405 g/mol. The molecule has 2 heterocycles. The molecule has 0 spiro atoms. The lowest BCUT2D eigenvalue weighted by molar-refractivity contribution is 0.779. The standard InChI is InChI=1S/C28H23NS/c1-3-19(18-15-16-22-21-10-5-7-14-26(21)30-27(22)17-18)23-11-8-12-24-20-9-4-6-13-25(20)29(2)28(23)24/h4-17,19H,3H2,1-2H3. The number of aryl methyl sites for hydroxylation is 1. The van der Waals surface area contributed by atoms with Crippen LogP contribution in [0.3, 0.4) is 0 Å².